The molecule has 0 spiro atoms. The highest BCUT2D eigenvalue weighted by molar-refractivity contribution is 5.32. The summed E-state index contributed by atoms with van der Waals surface area (Å²) in [5.74, 6) is 2.67. The molecule has 0 aliphatic heterocycles. The molecule has 2 aromatic carbocycles. The van der Waals surface area contributed by atoms with Gasteiger partial charge in [0.25, 0.3) is 0 Å². The Hall–Kier alpha value is -2.16. The van der Waals surface area contributed by atoms with Crippen molar-refractivity contribution in [3.8, 4) is 5.75 Å². The van der Waals surface area contributed by atoms with Crippen molar-refractivity contribution in [3.05, 3.63) is 77.9 Å². The lowest BCUT2D eigenvalue weighted by molar-refractivity contribution is -0.185. The maximum atomic E-state index is 14.9. The van der Waals surface area contributed by atoms with Crippen LogP contribution >= 0.6 is 0 Å². The van der Waals surface area contributed by atoms with Crippen LogP contribution in [-0.2, 0) is 6.11 Å². The van der Waals surface area contributed by atoms with Gasteiger partial charge in [0.1, 0.15) is 5.75 Å². The fourth-order valence-electron chi connectivity index (χ4n) is 5.85. The smallest absolute Gasteiger partial charge is 0.426 e. The van der Waals surface area contributed by atoms with Crippen LogP contribution in [0.1, 0.15) is 99.7 Å². The number of rotatable bonds is 8. The van der Waals surface area contributed by atoms with E-state index in [0.29, 0.717) is 17.8 Å². The molecular formula is C30H38F2O. The lowest BCUT2D eigenvalue weighted by Gasteiger charge is -2.29. The first kappa shape index (κ1) is 24.0. The van der Waals surface area contributed by atoms with E-state index in [9.17, 15) is 8.78 Å². The molecule has 0 aromatic heterocycles. The molecule has 2 aromatic rings. The molecule has 3 heteroatoms. The van der Waals surface area contributed by atoms with Crippen LogP contribution in [0.4, 0.5) is 8.78 Å². The van der Waals surface area contributed by atoms with Crippen molar-refractivity contribution in [3.63, 3.8) is 0 Å². The van der Waals surface area contributed by atoms with Gasteiger partial charge in [-0.3, -0.25) is 0 Å². The number of ether oxygens (including phenoxy) is 1. The maximum Gasteiger partial charge on any atom is 0.426 e. The number of hydrogen-bond acceptors (Lipinski definition) is 1. The van der Waals surface area contributed by atoms with Gasteiger partial charge in [0.05, 0.1) is 5.56 Å². The minimum absolute atomic E-state index is 0.0854. The van der Waals surface area contributed by atoms with Crippen molar-refractivity contribution in [1.29, 1.82) is 0 Å². The van der Waals surface area contributed by atoms with Crippen LogP contribution in [0.25, 0.3) is 0 Å². The SMILES string of the molecule is C=CC1CCC(c2ccc(OC(F)(F)c3ccc(C4CCC(CCC)CC4)cc3)cc2)CC1. The van der Waals surface area contributed by atoms with Crippen LogP contribution in [0, 0.1) is 11.8 Å². The van der Waals surface area contributed by atoms with Crippen molar-refractivity contribution in [1.82, 2.24) is 0 Å². The zero-order valence-corrected chi connectivity index (χ0v) is 19.9. The number of allylic oxidation sites excluding steroid dienone is 1. The van der Waals surface area contributed by atoms with Crippen LogP contribution in [0.2, 0.25) is 0 Å². The molecule has 2 fully saturated rings. The molecule has 0 unspecified atom stereocenters. The second-order valence-electron chi connectivity index (χ2n) is 10.2. The highest BCUT2D eigenvalue weighted by atomic mass is 19.3. The Morgan fingerprint density at radius 3 is 1.85 bits per heavy atom. The third-order valence-electron chi connectivity index (χ3n) is 7.96. The molecule has 2 saturated carbocycles. The molecule has 178 valence electrons. The van der Waals surface area contributed by atoms with Crippen LogP contribution < -0.4 is 4.74 Å². The van der Waals surface area contributed by atoms with E-state index in [1.54, 1.807) is 24.3 Å². The van der Waals surface area contributed by atoms with Gasteiger partial charge in [0.2, 0.25) is 0 Å². The van der Waals surface area contributed by atoms with Gasteiger partial charge in [-0.15, -0.1) is 6.58 Å². The maximum absolute atomic E-state index is 14.9. The molecule has 33 heavy (non-hydrogen) atoms. The first-order valence-corrected chi connectivity index (χ1v) is 12.9. The van der Waals surface area contributed by atoms with Crippen molar-refractivity contribution >= 4 is 0 Å². The predicted octanol–water partition coefficient (Wildman–Crippen LogP) is 9.35. The Morgan fingerprint density at radius 2 is 1.33 bits per heavy atom. The first-order valence-electron chi connectivity index (χ1n) is 12.9. The summed E-state index contributed by atoms with van der Waals surface area (Å²) in [6, 6.07) is 14.1. The minimum atomic E-state index is -3.35. The Labute approximate surface area is 198 Å². The number of alkyl halides is 2. The third-order valence-corrected chi connectivity index (χ3v) is 7.96. The summed E-state index contributed by atoms with van der Waals surface area (Å²) in [7, 11) is 0. The summed E-state index contributed by atoms with van der Waals surface area (Å²) in [4.78, 5) is 0. The summed E-state index contributed by atoms with van der Waals surface area (Å²) in [6.45, 7) is 6.15. The Bertz CT molecular complexity index is 871. The summed E-state index contributed by atoms with van der Waals surface area (Å²) >= 11 is 0. The fourth-order valence-corrected chi connectivity index (χ4v) is 5.85. The molecule has 0 heterocycles. The Kier molecular flexibility index (Phi) is 7.88. The summed E-state index contributed by atoms with van der Waals surface area (Å²) in [6.07, 6.45) is 10.7. The van der Waals surface area contributed by atoms with Gasteiger partial charge in [0, 0.05) is 0 Å². The Balaban J connectivity index is 1.34. The molecular weight excluding hydrogens is 414 g/mol. The molecule has 1 nitrogen and oxygen atoms in total. The van der Waals surface area contributed by atoms with E-state index in [0.717, 1.165) is 31.6 Å². The van der Waals surface area contributed by atoms with Crippen molar-refractivity contribution < 1.29 is 13.5 Å². The van der Waals surface area contributed by atoms with Crippen LogP contribution in [0.15, 0.2) is 61.2 Å². The van der Waals surface area contributed by atoms with Gasteiger partial charge < -0.3 is 4.74 Å². The third kappa shape index (κ3) is 6.05. The quantitative estimate of drug-likeness (QED) is 0.363. The highest BCUT2D eigenvalue weighted by Gasteiger charge is 2.35. The van der Waals surface area contributed by atoms with Crippen LogP contribution in [-0.4, -0.2) is 0 Å². The summed E-state index contributed by atoms with van der Waals surface area (Å²) in [5.41, 5.74) is 2.31. The minimum Gasteiger partial charge on any atom is -0.429 e. The number of benzene rings is 2. The van der Waals surface area contributed by atoms with Gasteiger partial charge in [-0.1, -0.05) is 50.1 Å². The first-order chi connectivity index (χ1) is 16.0. The van der Waals surface area contributed by atoms with E-state index in [1.807, 2.05) is 24.3 Å². The van der Waals surface area contributed by atoms with Gasteiger partial charge in [-0.25, -0.2) is 0 Å². The van der Waals surface area contributed by atoms with E-state index in [1.165, 1.54) is 49.7 Å². The average Bonchev–Trinajstić information content (AvgIpc) is 2.85. The van der Waals surface area contributed by atoms with Crippen molar-refractivity contribution in [2.24, 2.45) is 11.8 Å². The molecule has 4 rings (SSSR count). The molecule has 0 atom stereocenters. The van der Waals surface area contributed by atoms with Gasteiger partial charge in [-0.05, 0) is 110 Å². The normalized spacial score (nSPS) is 26.0. The van der Waals surface area contributed by atoms with Crippen LogP contribution in [0.3, 0.4) is 0 Å². The van der Waals surface area contributed by atoms with Gasteiger partial charge in [-0.2, -0.15) is 8.78 Å². The standard InChI is InChI=1S/C30H38F2O/c1-3-5-23-8-12-25(13-9-23)26-14-18-28(19-15-26)30(31,32)33-29-20-16-27(17-21-29)24-10-6-22(4-2)7-11-24/h4,14-25H,2-3,5-13H2,1H3. The zero-order chi connectivity index (χ0) is 23.3. The topological polar surface area (TPSA) is 9.23 Å². The van der Waals surface area contributed by atoms with E-state index < -0.39 is 6.11 Å². The summed E-state index contributed by atoms with van der Waals surface area (Å²) < 4.78 is 34.9. The summed E-state index contributed by atoms with van der Waals surface area (Å²) in [5, 5.41) is 0. The van der Waals surface area contributed by atoms with Gasteiger partial charge in [0.15, 0.2) is 0 Å². The highest BCUT2D eigenvalue weighted by Crippen LogP contribution is 2.40. The molecule has 0 amide bonds. The van der Waals surface area contributed by atoms with Crippen molar-refractivity contribution in [2.75, 3.05) is 0 Å². The fraction of sp³-hybridized carbons (Fsp3) is 0.533. The lowest BCUT2D eigenvalue weighted by atomic mass is 9.77. The number of hydrogen-bond donors (Lipinski definition) is 0. The average molecular weight is 453 g/mol. The van der Waals surface area contributed by atoms with E-state index >= 15 is 0 Å². The van der Waals surface area contributed by atoms with E-state index in [-0.39, 0.29) is 11.3 Å². The van der Waals surface area contributed by atoms with Gasteiger partial charge >= 0.3 is 6.11 Å². The molecule has 2 aliphatic rings. The monoisotopic (exact) mass is 452 g/mol. The van der Waals surface area contributed by atoms with E-state index in [4.69, 9.17) is 4.74 Å². The second kappa shape index (κ2) is 10.8. The molecule has 0 N–H and O–H groups in total. The molecule has 2 aliphatic carbocycles. The molecule has 0 bridgehead atoms. The lowest BCUT2D eigenvalue weighted by Crippen LogP contribution is -2.22. The zero-order valence-electron chi connectivity index (χ0n) is 19.9. The number of halogens is 2. The second-order valence-corrected chi connectivity index (χ2v) is 10.2. The van der Waals surface area contributed by atoms with E-state index in [2.05, 4.69) is 19.6 Å². The predicted molar refractivity (Wildman–Crippen MR) is 132 cm³/mol. The van der Waals surface area contributed by atoms with Crippen molar-refractivity contribution in [2.45, 2.75) is 89.1 Å². The molecule has 0 saturated heterocycles. The Morgan fingerprint density at radius 1 is 0.818 bits per heavy atom. The largest absolute Gasteiger partial charge is 0.429 e. The molecule has 0 radical (unpaired) electrons. The van der Waals surface area contributed by atoms with Crippen LogP contribution in [0.5, 0.6) is 5.75 Å².